The van der Waals surface area contributed by atoms with Gasteiger partial charge in [-0.1, -0.05) is 26.0 Å². The van der Waals surface area contributed by atoms with E-state index in [1.807, 2.05) is 0 Å². The van der Waals surface area contributed by atoms with E-state index in [1.165, 1.54) is 5.40 Å². The van der Waals surface area contributed by atoms with Gasteiger partial charge in [-0.25, -0.2) is 4.98 Å². The lowest BCUT2D eigenvalue weighted by Gasteiger charge is -2.09. The summed E-state index contributed by atoms with van der Waals surface area (Å²) in [5.74, 6) is 0. The second kappa shape index (κ2) is 8.60. The minimum atomic E-state index is -0.391. The van der Waals surface area contributed by atoms with E-state index in [1.54, 1.807) is 23.3 Å². The zero-order valence-corrected chi connectivity index (χ0v) is 9.06. The molecule has 0 aromatic carbocycles. The molecule has 1 atom stereocenters. The van der Waals surface area contributed by atoms with Crippen LogP contribution in [-0.2, 0) is 0 Å². The SMILES string of the molecule is CCCCC(O)n1ccnc1.N#CS. The average molecular weight is 213 g/mol. The average Bonchev–Trinajstić information content (AvgIpc) is 2.68. The van der Waals surface area contributed by atoms with Crippen LogP contribution >= 0.6 is 12.6 Å². The van der Waals surface area contributed by atoms with Crippen molar-refractivity contribution in [2.75, 3.05) is 0 Å². The third-order valence-electron chi connectivity index (χ3n) is 1.68. The molecule has 0 spiro atoms. The minimum absolute atomic E-state index is 0.391. The molecule has 1 aromatic rings. The largest absolute Gasteiger partial charge is 0.373 e. The number of aliphatic hydroxyl groups excluding tert-OH is 1. The Balaban J connectivity index is 0.000000500. The molecule has 0 bridgehead atoms. The first kappa shape index (κ1) is 13.0. The summed E-state index contributed by atoms with van der Waals surface area (Å²) in [7, 11) is 0. The van der Waals surface area contributed by atoms with Crippen molar-refractivity contribution in [2.24, 2.45) is 0 Å². The number of hydrogen-bond donors (Lipinski definition) is 2. The molecule has 5 heteroatoms. The molecule has 0 amide bonds. The molecule has 1 aromatic heterocycles. The van der Waals surface area contributed by atoms with Gasteiger partial charge in [0.2, 0.25) is 0 Å². The summed E-state index contributed by atoms with van der Waals surface area (Å²) in [6.45, 7) is 2.11. The third-order valence-corrected chi connectivity index (χ3v) is 1.68. The van der Waals surface area contributed by atoms with Crippen molar-refractivity contribution in [1.82, 2.24) is 9.55 Å². The zero-order valence-electron chi connectivity index (χ0n) is 8.17. The van der Waals surface area contributed by atoms with E-state index in [9.17, 15) is 5.11 Å². The predicted molar refractivity (Wildman–Crippen MR) is 57.6 cm³/mol. The van der Waals surface area contributed by atoms with E-state index in [0.717, 1.165) is 19.3 Å². The van der Waals surface area contributed by atoms with Crippen LogP contribution in [0.4, 0.5) is 0 Å². The smallest absolute Gasteiger partial charge is 0.131 e. The molecule has 0 saturated heterocycles. The number of aromatic nitrogens is 2. The highest BCUT2D eigenvalue weighted by Gasteiger charge is 2.02. The molecular formula is C9H15N3OS. The Bertz CT molecular complexity index is 256. The van der Waals surface area contributed by atoms with Crippen molar-refractivity contribution in [3.63, 3.8) is 0 Å². The first-order valence-electron chi connectivity index (χ1n) is 4.45. The topological polar surface area (TPSA) is 61.8 Å². The van der Waals surface area contributed by atoms with Crippen LogP contribution in [0.15, 0.2) is 18.7 Å². The fourth-order valence-electron chi connectivity index (χ4n) is 0.982. The van der Waals surface area contributed by atoms with E-state index in [-0.39, 0.29) is 0 Å². The molecule has 0 radical (unpaired) electrons. The second-order valence-corrected chi connectivity index (χ2v) is 2.93. The molecule has 0 saturated carbocycles. The Labute approximate surface area is 89.6 Å². The van der Waals surface area contributed by atoms with Gasteiger partial charge in [0.05, 0.1) is 6.33 Å². The molecule has 0 aliphatic rings. The Morgan fingerprint density at radius 1 is 1.71 bits per heavy atom. The van der Waals surface area contributed by atoms with Gasteiger partial charge in [0.1, 0.15) is 11.6 Å². The lowest BCUT2D eigenvalue weighted by molar-refractivity contribution is 0.0918. The minimum Gasteiger partial charge on any atom is -0.373 e. The number of nitriles is 1. The molecule has 78 valence electrons. The number of thiol groups is 1. The first-order chi connectivity index (χ1) is 6.76. The van der Waals surface area contributed by atoms with Gasteiger partial charge < -0.3 is 9.67 Å². The number of aliphatic hydroxyl groups is 1. The molecule has 4 nitrogen and oxygen atoms in total. The Hall–Kier alpha value is -0.990. The summed E-state index contributed by atoms with van der Waals surface area (Å²) >= 11 is 3.09. The third kappa shape index (κ3) is 5.62. The highest BCUT2D eigenvalue weighted by atomic mass is 32.1. The fourth-order valence-corrected chi connectivity index (χ4v) is 0.982. The summed E-state index contributed by atoms with van der Waals surface area (Å²) in [5, 5.41) is 18.1. The first-order valence-corrected chi connectivity index (χ1v) is 4.89. The van der Waals surface area contributed by atoms with E-state index < -0.39 is 6.23 Å². The molecule has 1 rings (SSSR count). The lowest BCUT2D eigenvalue weighted by atomic mass is 10.2. The maximum atomic E-state index is 9.46. The molecule has 1 N–H and O–H groups in total. The number of unbranched alkanes of at least 4 members (excludes halogenated alkanes) is 1. The molecule has 0 aliphatic carbocycles. The molecule has 1 unspecified atom stereocenters. The van der Waals surface area contributed by atoms with Gasteiger partial charge in [-0.3, -0.25) is 0 Å². The number of rotatable bonds is 4. The summed E-state index contributed by atoms with van der Waals surface area (Å²) in [6.07, 6.45) is 7.69. The Morgan fingerprint density at radius 3 is 2.79 bits per heavy atom. The van der Waals surface area contributed by atoms with Crippen molar-refractivity contribution in [1.29, 1.82) is 5.26 Å². The van der Waals surface area contributed by atoms with Crippen LogP contribution in [0.1, 0.15) is 32.4 Å². The van der Waals surface area contributed by atoms with E-state index in [4.69, 9.17) is 5.26 Å². The van der Waals surface area contributed by atoms with E-state index in [2.05, 4.69) is 24.5 Å². The molecule has 0 fully saturated rings. The van der Waals surface area contributed by atoms with Gasteiger partial charge in [-0.05, 0) is 12.8 Å². The van der Waals surface area contributed by atoms with Gasteiger partial charge in [-0.2, -0.15) is 5.26 Å². The van der Waals surface area contributed by atoms with Crippen molar-refractivity contribution in [3.8, 4) is 5.40 Å². The number of imidazole rings is 1. The Morgan fingerprint density at radius 2 is 2.36 bits per heavy atom. The second-order valence-electron chi connectivity index (χ2n) is 2.73. The summed E-state index contributed by atoms with van der Waals surface area (Å²) in [4.78, 5) is 3.85. The van der Waals surface area contributed by atoms with Crippen molar-refractivity contribution < 1.29 is 5.11 Å². The Kier molecular flexibility index (Phi) is 7.99. The highest BCUT2D eigenvalue weighted by Crippen LogP contribution is 2.10. The summed E-state index contributed by atoms with van der Waals surface area (Å²) in [6, 6.07) is 0. The van der Waals surface area contributed by atoms with Gasteiger partial charge in [-0.15, -0.1) is 0 Å². The van der Waals surface area contributed by atoms with Crippen LogP contribution in [-0.4, -0.2) is 14.7 Å². The summed E-state index contributed by atoms with van der Waals surface area (Å²) in [5.41, 5.74) is 0. The predicted octanol–water partition coefficient (Wildman–Crippen LogP) is 1.96. The lowest BCUT2D eigenvalue weighted by Crippen LogP contribution is -2.05. The van der Waals surface area contributed by atoms with Crippen LogP contribution in [0.2, 0.25) is 0 Å². The maximum absolute atomic E-state index is 9.46. The number of hydrogen-bond acceptors (Lipinski definition) is 4. The van der Waals surface area contributed by atoms with Crippen LogP contribution < -0.4 is 0 Å². The van der Waals surface area contributed by atoms with Crippen LogP contribution in [0.25, 0.3) is 0 Å². The van der Waals surface area contributed by atoms with Crippen molar-refractivity contribution in [2.45, 2.75) is 32.4 Å². The number of thiocyanates is 1. The molecule has 1 heterocycles. The normalized spacial score (nSPS) is 11.0. The standard InChI is InChI=1S/C8H14N2O.CHNS/c1-2-3-4-8(11)10-6-5-9-7-10;2-1-3/h5-8,11H,2-4H2,1H3;3H. The van der Waals surface area contributed by atoms with Crippen molar-refractivity contribution >= 4 is 12.6 Å². The molecular weight excluding hydrogens is 198 g/mol. The van der Waals surface area contributed by atoms with Crippen LogP contribution in [0.5, 0.6) is 0 Å². The maximum Gasteiger partial charge on any atom is 0.131 e. The van der Waals surface area contributed by atoms with Crippen LogP contribution in [0.3, 0.4) is 0 Å². The summed E-state index contributed by atoms with van der Waals surface area (Å²) < 4.78 is 1.72. The van der Waals surface area contributed by atoms with Gasteiger partial charge in [0, 0.05) is 12.4 Å². The van der Waals surface area contributed by atoms with Gasteiger partial charge >= 0.3 is 0 Å². The van der Waals surface area contributed by atoms with E-state index >= 15 is 0 Å². The highest BCUT2D eigenvalue weighted by molar-refractivity contribution is 7.85. The number of nitrogens with zero attached hydrogens (tertiary/aromatic N) is 3. The van der Waals surface area contributed by atoms with Crippen molar-refractivity contribution in [3.05, 3.63) is 18.7 Å². The van der Waals surface area contributed by atoms with Gasteiger partial charge in [0.25, 0.3) is 0 Å². The van der Waals surface area contributed by atoms with Crippen LogP contribution in [0, 0.1) is 10.7 Å². The molecule has 0 aliphatic heterocycles. The quantitative estimate of drug-likeness (QED) is 0.593. The monoisotopic (exact) mass is 213 g/mol. The molecule has 14 heavy (non-hydrogen) atoms. The fraction of sp³-hybridized carbons (Fsp3) is 0.556. The van der Waals surface area contributed by atoms with E-state index in [0.29, 0.717) is 0 Å². The zero-order chi connectivity index (χ0) is 10.8. The van der Waals surface area contributed by atoms with Gasteiger partial charge in [0.15, 0.2) is 0 Å².